The van der Waals surface area contributed by atoms with E-state index in [0.29, 0.717) is 5.56 Å². The molecule has 1 aromatic carbocycles. The molecule has 14 heavy (non-hydrogen) atoms. The Morgan fingerprint density at radius 3 is 2.79 bits per heavy atom. The van der Waals surface area contributed by atoms with Gasteiger partial charge in [-0.25, -0.2) is 4.39 Å². The zero-order valence-corrected chi connectivity index (χ0v) is 7.87. The lowest BCUT2D eigenvalue weighted by atomic mass is 10.2. The van der Waals surface area contributed by atoms with Gasteiger partial charge in [-0.1, -0.05) is 18.2 Å². The highest BCUT2D eigenvalue weighted by Gasteiger charge is 2.09. The number of nitrogens with two attached hydrogens (primary N) is 1. The molecule has 4 heteroatoms. The normalized spacial score (nSPS) is 12.4. The lowest BCUT2D eigenvalue weighted by Crippen LogP contribution is -2.28. The van der Waals surface area contributed by atoms with Gasteiger partial charge in [0, 0.05) is 5.56 Å². The van der Waals surface area contributed by atoms with Gasteiger partial charge in [0.15, 0.2) is 0 Å². The maximum Gasteiger partial charge on any atom is 0.246 e. The van der Waals surface area contributed by atoms with Crippen LogP contribution in [0.1, 0.15) is 12.5 Å². The van der Waals surface area contributed by atoms with Gasteiger partial charge in [-0.05, 0) is 13.0 Å². The third-order valence-electron chi connectivity index (χ3n) is 1.85. The van der Waals surface area contributed by atoms with Gasteiger partial charge in [0.05, 0.1) is 6.61 Å². The minimum atomic E-state index is -0.699. The molecule has 2 N–H and O–H groups in total. The molecule has 0 aromatic heterocycles. The van der Waals surface area contributed by atoms with Crippen molar-refractivity contribution in [1.82, 2.24) is 0 Å². The zero-order valence-electron chi connectivity index (χ0n) is 7.87. The molecule has 1 rings (SSSR count). The fourth-order valence-electron chi connectivity index (χ4n) is 0.912. The molecular weight excluding hydrogens is 185 g/mol. The van der Waals surface area contributed by atoms with E-state index in [1.807, 2.05) is 0 Å². The number of carbonyl (C=O) groups excluding carboxylic acids is 1. The largest absolute Gasteiger partial charge is 0.367 e. The molecule has 0 heterocycles. The zero-order chi connectivity index (χ0) is 10.6. The standard InChI is InChI=1S/C10H12FNO2/c1-7(10(12)13)14-6-8-4-2-3-5-9(8)11/h2-5,7H,6H2,1H3,(H2,12,13). The molecule has 1 atom stereocenters. The number of carbonyl (C=O) groups is 1. The van der Waals surface area contributed by atoms with Crippen molar-refractivity contribution in [3.63, 3.8) is 0 Å². The maximum absolute atomic E-state index is 13.0. The van der Waals surface area contributed by atoms with Gasteiger partial charge in [0.2, 0.25) is 5.91 Å². The summed E-state index contributed by atoms with van der Waals surface area (Å²) in [5, 5.41) is 0. The third kappa shape index (κ3) is 2.81. The van der Waals surface area contributed by atoms with Gasteiger partial charge in [-0.3, -0.25) is 4.79 Å². The number of hydrogen-bond acceptors (Lipinski definition) is 2. The van der Waals surface area contributed by atoms with E-state index in [1.165, 1.54) is 13.0 Å². The van der Waals surface area contributed by atoms with E-state index in [2.05, 4.69) is 0 Å². The Bertz CT molecular complexity index is 328. The molecule has 0 bridgehead atoms. The van der Waals surface area contributed by atoms with Crippen molar-refractivity contribution in [2.24, 2.45) is 5.73 Å². The van der Waals surface area contributed by atoms with Crippen molar-refractivity contribution < 1.29 is 13.9 Å². The van der Waals surface area contributed by atoms with E-state index in [4.69, 9.17) is 10.5 Å². The summed E-state index contributed by atoms with van der Waals surface area (Å²) in [5.74, 6) is -0.898. The molecule has 0 fully saturated rings. The molecule has 0 aliphatic carbocycles. The van der Waals surface area contributed by atoms with E-state index in [9.17, 15) is 9.18 Å². The van der Waals surface area contributed by atoms with E-state index in [1.54, 1.807) is 18.2 Å². The lowest BCUT2D eigenvalue weighted by molar-refractivity contribution is -0.129. The minimum absolute atomic E-state index is 0.0524. The topological polar surface area (TPSA) is 52.3 Å². The van der Waals surface area contributed by atoms with Gasteiger partial charge in [-0.15, -0.1) is 0 Å². The first-order chi connectivity index (χ1) is 6.61. The number of ether oxygens (including phenoxy) is 1. The highest BCUT2D eigenvalue weighted by atomic mass is 19.1. The van der Waals surface area contributed by atoms with Crippen molar-refractivity contribution in [1.29, 1.82) is 0 Å². The number of halogens is 1. The van der Waals surface area contributed by atoms with Crippen LogP contribution in [0, 0.1) is 5.82 Å². The Kier molecular flexibility index (Phi) is 3.59. The van der Waals surface area contributed by atoms with Gasteiger partial charge in [0.1, 0.15) is 11.9 Å². The molecule has 0 aliphatic heterocycles. The fourth-order valence-corrected chi connectivity index (χ4v) is 0.912. The van der Waals surface area contributed by atoms with E-state index in [0.717, 1.165) is 0 Å². The van der Waals surface area contributed by atoms with Crippen LogP contribution in [0.25, 0.3) is 0 Å². The quantitative estimate of drug-likeness (QED) is 0.788. The molecular formula is C10H12FNO2. The van der Waals surface area contributed by atoms with Crippen molar-refractivity contribution in [2.45, 2.75) is 19.6 Å². The van der Waals surface area contributed by atoms with Crippen LogP contribution in [0.3, 0.4) is 0 Å². The molecule has 1 unspecified atom stereocenters. The number of primary amides is 1. The third-order valence-corrected chi connectivity index (χ3v) is 1.85. The van der Waals surface area contributed by atoms with Crippen LogP contribution in [-0.4, -0.2) is 12.0 Å². The summed E-state index contributed by atoms with van der Waals surface area (Å²) >= 11 is 0. The van der Waals surface area contributed by atoms with Gasteiger partial charge >= 0.3 is 0 Å². The molecule has 76 valence electrons. The van der Waals surface area contributed by atoms with Crippen LogP contribution in [0.5, 0.6) is 0 Å². The predicted molar refractivity (Wildman–Crippen MR) is 49.8 cm³/mol. The number of benzene rings is 1. The Hall–Kier alpha value is -1.42. The first kappa shape index (κ1) is 10.7. The number of rotatable bonds is 4. The van der Waals surface area contributed by atoms with Gasteiger partial charge < -0.3 is 10.5 Å². The molecule has 0 radical (unpaired) electrons. The lowest BCUT2D eigenvalue weighted by Gasteiger charge is -2.09. The summed E-state index contributed by atoms with van der Waals surface area (Å²) in [5.41, 5.74) is 5.40. The number of hydrogen-bond donors (Lipinski definition) is 1. The first-order valence-electron chi connectivity index (χ1n) is 4.25. The molecule has 0 spiro atoms. The summed E-state index contributed by atoms with van der Waals surface area (Å²) < 4.78 is 18.1. The summed E-state index contributed by atoms with van der Waals surface area (Å²) in [6.45, 7) is 1.58. The first-order valence-corrected chi connectivity index (χ1v) is 4.25. The monoisotopic (exact) mass is 197 g/mol. The smallest absolute Gasteiger partial charge is 0.246 e. The summed E-state index contributed by atoms with van der Waals surface area (Å²) in [4.78, 5) is 10.6. The van der Waals surface area contributed by atoms with Crippen molar-refractivity contribution in [2.75, 3.05) is 0 Å². The molecule has 1 aromatic rings. The maximum atomic E-state index is 13.0. The molecule has 0 saturated carbocycles. The number of amides is 1. The highest BCUT2D eigenvalue weighted by molar-refractivity contribution is 5.78. The fraction of sp³-hybridized carbons (Fsp3) is 0.300. The van der Waals surface area contributed by atoms with Crippen molar-refractivity contribution in [3.05, 3.63) is 35.6 Å². The van der Waals surface area contributed by atoms with Crippen LogP contribution in [0.4, 0.5) is 4.39 Å². The van der Waals surface area contributed by atoms with Crippen LogP contribution < -0.4 is 5.73 Å². The molecule has 3 nitrogen and oxygen atoms in total. The second kappa shape index (κ2) is 4.72. The van der Waals surface area contributed by atoms with Crippen molar-refractivity contribution >= 4 is 5.91 Å². The summed E-state index contributed by atoms with van der Waals surface area (Å²) in [6, 6.07) is 6.24. The predicted octanol–water partition coefficient (Wildman–Crippen LogP) is 1.22. The van der Waals surface area contributed by atoms with Crippen LogP contribution in [0.2, 0.25) is 0 Å². The Morgan fingerprint density at radius 1 is 1.57 bits per heavy atom. The van der Waals surface area contributed by atoms with Gasteiger partial charge in [0.25, 0.3) is 0 Å². The van der Waals surface area contributed by atoms with E-state index < -0.39 is 12.0 Å². The molecule has 0 saturated heterocycles. The average molecular weight is 197 g/mol. The molecule has 0 aliphatic rings. The van der Waals surface area contributed by atoms with Crippen LogP contribution in [-0.2, 0) is 16.1 Å². The Morgan fingerprint density at radius 2 is 2.21 bits per heavy atom. The second-order valence-corrected chi connectivity index (χ2v) is 2.95. The Balaban J connectivity index is 2.54. The highest BCUT2D eigenvalue weighted by Crippen LogP contribution is 2.08. The summed E-state index contributed by atoms with van der Waals surface area (Å²) in [7, 11) is 0. The van der Waals surface area contributed by atoms with Crippen LogP contribution >= 0.6 is 0 Å². The minimum Gasteiger partial charge on any atom is -0.367 e. The van der Waals surface area contributed by atoms with Gasteiger partial charge in [-0.2, -0.15) is 0 Å². The molecule has 1 amide bonds. The second-order valence-electron chi connectivity index (χ2n) is 2.95. The SMILES string of the molecule is CC(OCc1ccccc1F)C(N)=O. The summed E-state index contributed by atoms with van der Waals surface area (Å²) in [6.07, 6.45) is -0.699. The van der Waals surface area contributed by atoms with Crippen LogP contribution in [0.15, 0.2) is 24.3 Å². The van der Waals surface area contributed by atoms with Crippen molar-refractivity contribution in [3.8, 4) is 0 Å². The Labute approximate surface area is 81.7 Å². The van der Waals surface area contributed by atoms with E-state index in [-0.39, 0.29) is 12.4 Å². The van der Waals surface area contributed by atoms with E-state index >= 15 is 0 Å². The average Bonchev–Trinajstić information content (AvgIpc) is 2.16.